The van der Waals surface area contributed by atoms with Gasteiger partial charge in [0, 0.05) is 34.9 Å². The summed E-state index contributed by atoms with van der Waals surface area (Å²) in [6.45, 7) is -0.887. The molecule has 2 aliphatic heterocycles. The second-order valence-corrected chi connectivity index (χ2v) is 9.46. The molecule has 0 aromatic carbocycles. The summed E-state index contributed by atoms with van der Waals surface area (Å²) in [5.41, 5.74) is 0. The molecule has 9 atom stereocenters. The fraction of sp³-hybridized carbons (Fsp3) is 0.938. The Morgan fingerprint density at radius 3 is 1.91 bits per heavy atom. The van der Waals surface area contributed by atoms with E-state index in [0.29, 0.717) is 0 Å². The number of aliphatic carboxylic acids is 1. The fourth-order valence-corrected chi connectivity index (χ4v) is 4.55. The second kappa shape index (κ2) is 12.4. The molecule has 0 saturated carbocycles. The zero-order valence-corrected chi connectivity index (χ0v) is 20.6. The predicted molar refractivity (Wildman–Crippen MR) is 108 cm³/mol. The van der Waals surface area contributed by atoms with Crippen molar-refractivity contribution in [3.63, 3.8) is 0 Å². The van der Waals surface area contributed by atoms with Crippen LogP contribution in [0.1, 0.15) is 6.42 Å². The van der Waals surface area contributed by atoms with Crippen LogP contribution in [-0.4, -0.2) is 127 Å². The Balaban J connectivity index is 2.45. The third kappa shape index (κ3) is 8.21. The molecule has 17 nitrogen and oxygen atoms in total. The number of hydrogen-bond donors (Lipinski definition) is 3. The van der Waals surface area contributed by atoms with Crippen LogP contribution >= 0.6 is 0 Å². The van der Waals surface area contributed by atoms with Gasteiger partial charge >= 0.3 is 26.8 Å². The van der Waals surface area contributed by atoms with E-state index in [4.69, 9.17) is 37.7 Å². The molecule has 2 rings (SSSR count). The van der Waals surface area contributed by atoms with Gasteiger partial charge in [-0.2, -0.15) is 16.8 Å². The number of ether oxygens (including phenoxy) is 7. The maximum atomic E-state index is 11.6. The van der Waals surface area contributed by atoms with E-state index in [1.807, 2.05) is 0 Å². The third-order valence-electron chi connectivity index (χ3n) is 5.23. The van der Waals surface area contributed by atoms with Gasteiger partial charge in [-0.3, -0.25) is 9.11 Å². The van der Waals surface area contributed by atoms with E-state index in [1.54, 1.807) is 0 Å². The summed E-state index contributed by atoms with van der Waals surface area (Å²) in [6, 6.07) is 0. The lowest BCUT2D eigenvalue weighted by atomic mass is 9.97. The average Bonchev–Trinajstić information content (AvgIpc) is 2.76. The lowest BCUT2D eigenvalue weighted by molar-refractivity contribution is -0.346. The first kappa shape index (κ1) is 30.2. The van der Waals surface area contributed by atoms with Crippen molar-refractivity contribution in [1.29, 1.82) is 0 Å². The van der Waals surface area contributed by atoms with Gasteiger partial charge in [0.15, 0.2) is 24.8 Å². The van der Waals surface area contributed by atoms with Crippen LogP contribution in [0.25, 0.3) is 0 Å². The van der Waals surface area contributed by atoms with Crippen LogP contribution < -0.4 is 0 Å². The van der Waals surface area contributed by atoms with Crippen molar-refractivity contribution in [2.24, 2.45) is 0 Å². The lowest BCUT2D eigenvalue weighted by Gasteiger charge is -2.47. The highest BCUT2D eigenvalue weighted by Gasteiger charge is 2.53. The monoisotopic (exact) mass is 556 g/mol. The van der Waals surface area contributed by atoms with Crippen LogP contribution in [-0.2, 0) is 67.1 Å². The van der Waals surface area contributed by atoms with Crippen LogP contribution in [0.15, 0.2) is 0 Å². The van der Waals surface area contributed by atoms with Gasteiger partial charge in [-0.1, -0.05) is 0 Å². The van der Waals surface area contributed by atoms with Gasteiger partial charge < -0.3 is 38.3 Å². The minimum absolute atomic E-state index is 0.103. The molecule has 19 heteroatoms. The number of hydrogen-bond acceptors (Lipinski definition) is 14. The summed E-state index contributed by atoms with van der Waals surface area (Å²) in [5.74, 6) is -1.34. The molecular formula is C16H28O17S2. The minimum atomic E-state index is -5.08. The number of carboxylic acids is 1. The molecule has 0 unspecified atom stereocenters. The standard InChI is InChI=1S/C16H28O17S2/c1-25-7-5-8(14(17)18)30-16(11(7)26-2)32-10-9(6-29-34(19,20)21)31-15(28-4)13(12(10)27-3)33-35(22,23)24/h7-13,15-16H,5-6H2,1-4H3,(H,17,18)(H,19,20,21)(H,22,23,24)/t7-,8+,9+,10+,11+,12-,13+,15-,16-/m0/s1. The Labute approximate surface area is 201 Å². The van der Waals surface area contributed by atoms with Crippen LogP contribution in [0, 0.1) is 0 Å². The largest absolute Gasteiger partial charge is 0.479 e. The normalized spacial score (nSPS) is 36.7. The van der Waals surface area contributed by atoms with Crippen LogP contribution in [0.2, 0.25) is 0 Å². The van der Waals surface area contributed by atoms with Gasteiger partial charge in [-0.25, -0.2) is 13.2 Å². The highest BCUT2D eigenvalue weighted by molar-refractivity contribution is 7.81. The first-order valence-electron chi connectivity index (χ1n) is 9.82. The molecule has 0 aromatic rings. The van der Waals surface area contributed by atoms with Crippen molar-refractivity contribution in [2.75, 3.05) is 35.0 Å². The highest BCUT2D eigenvalue weighted by atomic mass is 32.3. The van der Waals surface area contributed by atoms with Gasteiger partial charge in [0.2, 0.25) is 0 Å². The quantitative estimate of drug-likeness (QED) is 0.221. The van der Waals surface area contributed by atoms with E-state index in [1.165, 1.54) is 14.2 Å². The van der Waals surface area contributed by atoms with Crippen molar-refractivity contribution < 1.29 is 77.4 Å². The maximum Gasteiger partial charge on any atom is 0.397 e. The molecule has 0 aromatic heterocycles. The van der Waals surface area contributed by atoms with Crippen LogP contribution in [0.4, 0.5) is 0 Å². The molecule has 0 bridgehead atoms. The summed E-state index contributed by atoms with van der Waals surface area (Å²) >= 11 is 0. The summed E-state index contributed by atoms with van der Waals surface area (Å²) in [7, 11) is -5.27. The van der Waals surface area contributed by atoms with Gasteiger partial charge in [0.25, 0.3) is 0 Å². The Kier molecular flexibility index (Phi) is 10.7. The van der Waals surface area contributed by atoms with Gasteiger partial charge in [-0.05, 0) is 0 Å². The molecule has 2 saturated heterocycles. The topological polar surface area (TPSA) is 229 Å². The van der Waals surface area contributed by atoms with Crippen molar-refractivity contribution in [3.05, 3.63) is 0 Å². The smallest absolute Gasteiger partial charge is 0.397 e. The molecule has 0 aliphatic carbocycles. The molecule has 2 heterocycles. The number of carbonyl (C=O) groups is 1. The molecule has 2 fully saturated rings. The van der Waals surface area contributed by atoms with Crippen molar-refractivity contribution in [2.45, 2.75) is 61.7 Å². The van der Waals surface area contributed by atoms with Crippen molar-refractivity contribution >= 4 is 26.8 Å². The van der Waals surface area contributed by atoms with E-state index in [0.717, 1.165) is 14.2 Å². The van der Waals surface area contributed by atoms with E-state index in [2.05, 4.69) is 8.37 Å². The predicted octanol–water partition coefficient (Wildman–Crippen LogP) is -2.01. The SMILES string of the molecule is CO[C@H]1O[C@H](COS(=O)(=O)O)[C@@H](O[C@@H]2O[C@@H](C(=O)O)C[C@H](OC)[C@H]2OC)[C@H](OC)[C@H]1OS(=O)(=O)O. The highest BCUT2D eigenvalue weighted by Crippen LogP contribution is 2.33. The van der Waals surface area contributed by atoms with Gasteiger partial charge in [0.1, 0.15) is 24.4 Å². The third-order valence-corrected chi connectivity index (χ3v) is 6.13. The lowest BCUT2D eigenvalue weighted by Crippen LogP contribution is -2.64. The van der Waals surface area contributed by atoms with Crippen LogP contribution in [0.3, 0.4) is 0 Å². The molecule has 35 heavy (non-hydrogen) atoms. The summed E-state index contributed by atoms with van der Waals surface area (Å²) in [4.78, 5) is 11.6. The Hall–Kier alpha value is -1.07. The first-order valence-corrected chi connectivity index (χ1v) is 12.6. The minimum Gasteiger partial charge on any atom is -0.479 e. The fourth-order valence-electron chi connectivity index (χ4n) is 3.76. The maximum absolute atomic E-state index is 11.6. The first-order chi connectivity index (χ1) is 16.2. The molecule has 0 amide bonds. The molecule has 206 valence electrons. The van der Waals surface area contributed by atoms with Gasteiger partial charge in [-0.15, -0.1) is 0 Å². The zero-order chi connectivity index (χ0) is 26.6. The van der Waals surface area contributed by atoms with E-state index in [-0.39, 0.29) is 6.42 Å². The van der Waals surface area contributed by atoms with Crippen molar-refractivity contribution in [1.82, 2.24) is 0 Å². The van der Waals surface area contributed by atoms with E-state index >= 15 is 0 Å². The molecule has 0 radical (unpaired) electrons. The Bertz CT molecular complexity index is 907. The Morgan fingerprint density at radius 2 is 1.46 bits per heavy atom. The van der Waals surface area contributed by atoms with Crippen LogP contribution in [0.5, 0.6) is 0 Å². The summed E-state index contributed by atoms with van der Waals surface area (Å²) in [6.07, 6.45) is -12.6. The number of methoxy groups -OCH3 is 4. The van der Waals surface area contributed by atoms with Gasteiger partial charge in [0.05, 0.1) is 12.7 Å². The summed E-state index contributed by atoms with van der Waals surface area (Å²) < 4.78 is 110. The van der Waals surface area contributed by atoms with E-state index < -0.39 is 88.7 Å². The molecule has 2 aliphatic rings. The molecular weight excluding hydrogens is 528 g/mol. The zero-order valence-electron chi connectivity index (χ0n) is 19.0. The molecule has 3 N–H and O–H groups in total. The Morgan fingerprint density at radius 1 is 0.829 bits per heavy atom. The van der Waals surface area contributed by atoms with Crippen molar-refractivity contribution in [3.8, 4) is 0 Å². The molecule has 0 spiro atoms. The number of carboxylic acid groups (broad SMARTS) is 1. The average molecular weight is 557 g/mol. The van der Waals surface area contributed by atoms with E-state index in [9.17, 15) is 31.3 Å². The summed E-state index contributed by atoms with van der Waals surface area (Å²) in [5, 5.41) is 9.42. The number of rotatable bonds is 12. The second-order valence-electron chi connectivity index (χ2n) is 7.32.